The van der Waals surface area contributed by atoms with Crippen molar-refractivity contribution in [2.75, 3.05) is 32.7 Å². The number of nitrogens with zero attached hydrogens (tertiary/aromatic N) is 3. The van der Waals surface area contributed by atoms with E-state index in [9.17, 15) is 23.3 Å². The molecule has 1 unspecified atom stereocenters. The van der Waals surface area contributed by atoms with E-state index in [0.29, 0.717) is 13.1 Å². The van der Waals surface area contributed by atoms with E-state index in [1.165, 1.54) is 28.6 Å². The fraction of sp³-hybridized carbons (Fsp3) is 0.533. The summed E-state index contributed by atoms with van der Waals surface area (Å²) < 4.78 is 26.6. The fourth-order valence-electron chi connectivity index (χ4n) is 3.15. The summed E-state index contributed by atoms with van der Waals surface area (Å²) in [6.07, 6.45) is 1.80. The van der Waals surface area contributed by atoms with E-state index in [1.807, 2.05) is 0 Å². The van der Waals surface area contributed by atoms with Gasteiger partial charge < -0.3 is 10.2 Å². The lowest BCUT2D eigenvalue weighted by Crippen LogP contribution is -2.54. The van der Waals surface area contributed by atoms with Crippen LogP contribution in [-0.4, -0.2) is 67.2 Å². The number of carbonyl (C=O) groups is 1. The SMILES string of the molecule is O=C(C1CCCN1)N1CCN(S(=O)(=O)c2ccc([N+](=O)[O-])cc2)CC1. The zero-order valence-corrected chi connectivity index (χ0v) is 14.4. The van der Waals surface area contributed by atoms with Gasteiger partial charge in [0.25, 0.3) is 5.69 Å². The Labute approximate surface area is 145 Å². The van der Waals surface area contributed by atoms with Crippen molar-refractivity contribution in [2.24, 2.45) is 0 Å². The maximum absolute atomic E-state index is 12.6. The number of nitro benzene ring substituents is 1. The molecule has 1 atom stereocenters. The number of rotatable bonds is 4. The summed E-state index contributed by atoms with van der Waals surface area (Å²) in [5, 5.41) is 13.8. The van der Waals surface area contributed by atoms with Gasteiger partial charge in [-0.2, -0.15) is 4.31 Å². The highest BCUT2D eigenvalue weighted by atomic mass is 32.2. The van der Waals surface area contributed by atoms with Gasteiger partial charge >= 0.3 is 0 Å². The third-order valence-corrected chi connectivity index (χ3v) is 6.51. The largest absolute Gasteiger partial charge is 0.339 e. The summed E-state index contributed by atoms with van der Waals surface area (Å²) in [5.41, 5.74) is -0.154. The number of amides is 1. The predicted molar refractivity (Wildman–Crippen MR) is 89.5 cm³/mol. The molecule has 2 heterocycles. The second-order valence-electron chi connectivity index (χ2n) is 6.13. The van der Waals surface area contributed by atoms with E-state index in [-0.39, 0.29) is 35.6 Å². The van der Waals surface area contributed by atoms with Crippen molar-refractivity contribution in [1.82, 2.24) is 14.5 Å². The predicted octanol–water partition coefficient (Wildman–Crippen LogP) is 0.180. The van der Waals surface area contributed by atoms with Gasteiger partial charge in [-0.15, -0.1) is 0 Å². The van der Waals surface area contributed by atoms with Crippen molar-refractivity contribution in [3.8, 4) is 0 Å². The Balaban J connectivity index is 1.64. The van der Waals surface area contributed by atoms with Crippen molar-refractivity contribution in [1.29, 1.82) is 0 Å². The molecule has 0 aliphatic carbocycles. The first-order valence-electron chi connectivity index (χ1n) is 8.16. The van der Waals surface area contributed by atoms with Crippen molar-refractivity contribution in [2.45, 2.75) is 23.8 Å². The third kappa shape index (κ3) is 3.65. The number of nitrogens with one attached hydrogen (secondary N) is 1. The Morgan fingerprint density at radius 3 is 2.32 bits per heavy atom. The van der Waals surface area contributed by atoms with Gasteiger partial charge in [0.1, 0.15) is 0 Å². The van der Waals surface area contributed by atoms with Gasteiger partial charge in [-0.05, 0) is 31.5 Å². The van der Waals surface area contributed by atoms with Crippen LogP contribution in [-0.2, 0) is 14.8 Å². The van der Waals surface area contributed by atoms with Crippen molar-refractivity contribution in [3.63, 3.8) is 0 Å². The highest BCUT2D eigenvalue weighted by Crippen LogP contribution is 2.21. The lowest BCUT2D eigenvalue weighted by molar-refractivity contribution is -0.384. The van der Waals surface area contributed by atoms with Crippen molar-refractivity contribution >= 4 is 21.6 Å². The second kappa shape index (κ2) is 7.06. The summed E-state index contributed by atoms with van der Waals surface area (Å²) in [6.45, 7) is 1.98. The van der Waals surface area contributed by atoms with Crippen molar-refractivity contribution < 1.29 is 18.1 Å². The van der Waals surface area contributed by atoms with Crippen LogP contribution in [0.4, 0.5) is 5.69 Å². The lowest BCUT2D eigenvalue weighted by Gasteiger charge is -2.35. The van der Waals surface area contributed by atoms with Crippen LogP contribution in [0.25, 0.3) is 0 Å². The number of carbonyl (C=O) groups excluding carboxylic acids is 1. The quantitative estimate of drug-likeness (QED) is 0.599. The number of non-ortho nitro benzene ring substituents is 1. The van der Waals surface area contributed by atoms with Gasteiger partial charge in [0, 0.05) is 38.3 Å². The molecule has 2 fully saturated rings. The molecule has 136 valence electrons. The van der Waals surface area contributed by atoms with Crippen LogP contribution in [0, 0.1) is 10.1 Å². The minimum absolute atomic E-state index is 0.0235. The molecule has 25 heavy (non-hydrogen) atoms. The molecular formula is C15H20N4O5S. The smallest absolute Gasteiger partial charge is 0.269 e. The standard InChI is InChI=1S/C15H20N4O5S/c20-15(14-2-1-7-16-14)17-8-10-18(11-9-17)25(23,24)13-5-3-12(4-6-13)19(21)22/h3-6,14,16H,1-2,7-11H2. The first kappa shape index (κ1) is 17.8. The van der Waals surface area contributed by atoms with Gasteiger partial charge in [-0.25, -0.2) is 8.42 Å². The maximum Gasteiger partial charge on any atom is 0.269 e. The van der Waals surface area contributed by atoms with Crippen LogP contribution in [0.2, 0.25) is 0 Å². The minimum atomic E-state index is -3.72. The van der Waals surface area contributed by atoms with E-state index >= 15 is 0 Å². The molecular weight excluding hydrogens is 348 g/mol. The lowest BCUT2D eigenvalue weighted by atomic mass is 10.2. The van der Waals surface area contributed by atoms with Gasteiger partial charge in [-0.3, -0.25) is 14.9 Å². The number of sulfonamides is 1. The molecule has 10 heteroatoms. The molecule has 0 bridgehead atoms. The molecule has 1 amide bonds. The Kier molecular flexibility index (Phi) is 5.02. The molecule has 0 aromatic heterocycles. The highest BCUT2D eigenvalue weighted by Gasteiger charge is 2.33. The molecule has 1 N–H and O–H groups in total. The van der Waals surface area contributed by atoms with Gasteiger partial charge in [0.2, 0.25) is 15.9 Å². The summed E-state index contributed by atoms with van der Waals surface area (Å²) in [4.78, 5) is 24.2. The molecule has 2 aliphatic heterocycles. The van der Waals surface area contributed by atoms with Gasteiger partial charge in [0.15, 0.2) is 0 Å². The molecule has 1 aromatic carbocycles. The Bertz CT molecular complexity index is 751. The van der Waals surface area contributed by atoms with Crippen LogP contribution in [0.15, 0.2) is 29.2 Å². The first-order valence-corrected chi connectivity index (χ1v) is 9.60. The van der Waals surface area contributed by atoms with E-state index in [4.69, 9.17) is 0 Å². The van der Waals surface area contributed by atoms with Gasteiger partial charge in [0.05, 0.1) is 15.9 Å². The molecule has 0 radical (unpaired) electrons. The van der Waals surface area contributed by atoms with Crippen LogP contribution in [0.3, 0.4) is 0 Å². The zero-order chi connectivity index (χ0) is 18.0. The van der Waals surface area contributed by atoms with E-state index in [2.05, 4.69) is 5.32 Å². The third-order valence-electron chi connectivity index (χ3n) is 4.59. The van der Waals surface area contributed by atoms with E-state index in [0.717, 1.165) is 19.4 Å². The summed E-state index contributed by atoms with van der Waals surface area (Å²) in [6, 6.07) is 4.69. The summed E-state index contributed by atoms with van der Waals surface area (Å²) >= 11 is 0. The van der Waals surface area contributed by atoms with E-state index < -0.39 is 14.9 Å². The Hall–Kier alpha value is -2.04. The van der Waals surface area contributed by atoms with Crippen LogP contribution in [0.5, 0.6) is 0 Å². The molecule has 2 aliphatic rings. The fourth-order valence-corrected chi connectivity index (χ4v) is 4.58. The van der Waals surface area contributed by atoms with Crippen LogP contribution in [0.1, 0.15) is 12.8 Å². The second-order valence-corrected chi connectivity index (χ2v) is 8.07. The normalized spacial score (nSPS) is 22.1. The number of hydrogen-bond donors (Lipinski definition) is 1. The highest BCUT2D eigenvalue weighted by molar-refractivity contribution is 7.89. The topological polar surface area (TPSA) is 113 Å². The van der Waals surface area contributed by atoms with Gasteiger partial charge in [-0.1, -0.05) is 0 Å². The molecule has 3 rings (SSSR count). The molecule has 0 spiro atoms. The zero-order valence-electron chi connectivity index (χ0n) is 13.6. The average Bonchev–Trinajstić information content (AvgIpc) is 3.16. The monoisotopic (exact) mass is 368 g/mol. The molecule has 2 saturated heterocycles. The van der Waals surface area contributed by atoms with Crippen LogP contribution >= 0.6 is 0 Å². The molecule has 1 aromatic rings. The average molecular weight is 368 g/mol. The number of nitro groups is 1. The maximum atomic E-state index is 12.6. The van der Waals surface area contributed by atoms with Crippen molar-refractivity contribution in [3.05, 3.63) is 34.4 Å². The number of piperazine rings is 1. The van der Waals surface area contributed by atoms with Crippen LogP contribution < -0.4 is 5.32 Å². The molecule has 0 saturated carbocycles. The Morgan fingerprint density at radius 1 is 1.16 bits per heavy atom. The molecule has 9 nitrogen and oxygen atoms in total. The Morgan fingerprint density at radius 2 is 1.80 bits per heavy atom. The van der Waals surface area contributed by atoms with E-state index in [1.54, 1.807) is 4.90 Å². The summed E-state index contributed by atoms with van der Waals surface area (Å²) in [5.74, 6) is 0.0323. The number of benzene rings is 1. The first-order chi connectivity index (χ1) is 11.9. The number of hydrogen-bond acceptors (Lipinski definition) is 6. The minimum Gasteiger partial charge on any atom is -0.339 e. The summed E-state index contributed by atoms with van der Waals surface area (Å²) in [7, 11) is -3.72.